The zero-order chi connectivity index (χ0) is 21.4. The molecule has 0 bridgehead atoms. The van der Waals surface area contributed by atoms with Crippen LogP contribution in [-0.4, -0.2) is 56.4 Å². The number of ether oxygens (including phenoxy) is 1. The van der Waals surface area contributed by atoms with Crippen molar-refractivity contribution in [1.82, 2.24) is 14.9 Å². The highest BCUT2D eigenvalue weighted by Crippen LogP contribution is 2.26. The van der Waals surface area contributed by atoms with Crippen LogP contribution in [0.4, 0.5) is 4.79 Å². The van der Waals surface area contributed by atoms with Crippen LogP contribution in [0.2, 0.25) is 0 Å². The van der Waals surface area contributed by atoms with Gasteiger partial charge >= 0.3 is 12.0 Å². The minimum atomic E-state index is -3.87. The largest absolute Gasteiger partial charge is 0.454 e. The third-order valence-corrected chi connectivity index (χ3v) is 6.41. The average molecular weight is 426 g/mol. The Morgan fingerprint density at radius 3 is 2.52 bits per heavy atom. The average Bonchev–Trinajstić information content (AvgIpc) is 2.70. The van der Waals surface area contributed by atoms with E-state index in [9.17, 15) is 22.8 Å². The van der Waals surface area contributed by atoms with Crippen LogP contribution < -0.4 is 10.6 Å². The lowest BCUT2D eigenvalue weighted by atomic mass is 10.1. The number of nitrogens with zero attached hydrogens (tertiary/aromatic N) is 1. The molecule has 160 valence electrons. The van der Waals surface area contributed by atoms with Crippen molar-refractivity contribution in [3.63, 3.8) is 0 Å². The van der Waals surface area contributed by atoms with Crippen LogP contribution in [0.3, 0.4) is 0 Å². The number of nitrogens with one attached hydrogen (secondary N) is 2. The fourth-order valence-corrected chi connectivity index (χ4v) is 4.60. The number of carbonyl (C=O) groups excluding carboxylic acids is 3. The molecular formula is C19H27N3O6S. The SMILES string of the molecule is CCCNC(=O)NC(=O)COC(=O)[C@@H]1CCCCN1S(=O)(=O)c1ccc(C)cc1. The number of aryl methyl sites for hydroxylation is 1. The summed E-state index contributed by atoms with van der Waals surface area (Å²) in [7, 11) is -3.87. The highest BCUT2D eigenvalue weighted by Gasteiger charge is 2.38. The molecule has 9 nitrogen and oxygen atoms in total. The van der Waals surface area contributed by atoms with Crippen LogP contribution in [0.15, 0.2) is 29.2 Å². The summed E-state index contributed by atoms with van der Waals surface area (Å²) in [6.45, 7) is 3.66. The number of carbonyl (C=O) groups is 3. The first kappa shape index (κ1) is 22.8. The molecule has 1 heterocycles. The quantitative estimate of drug-likeness (QED) is 0.636. The summed E-state index contributed by atoms with van der Waals surface area (Å²) in [5, 5.41) is 4.51. The fourth-order valence-electron chi connectivity index (χ4n) is 2.95. The van der Waals surface area contributed by atoms with Gasteiger partial charge in [0.15, 0.2) is 6.61 Å². The molecule has 2 N–H and O–H groups in total. The highest BCUT2D eigenvalue weighted by atomic mass is 32.2. The van der Waals surface area contributed by atoms with Gasteiger partial charge in [0, 0.05) is 13.1 Å². The van der Waals surface area contributed by atoms with E-state index in [1.54, 1.807) is 12.1 Å². The molecular weight excluding hydrogens is 398 g/mol. The van der Waals surface area contributed by atoms with Crippen molar-refractivity contribution in [2.45, 2.75) is 50.5 Å². The summed E-state index contributed by atoms with van der Waals surface area (Å²) >= 11 is 0. The van der Waals surface area contributed by atoms with E-state index in [4.69, 9.17) is 4.74 Å². The Morgan fingerprint density at radius 1 is 1.17 bits per heavy atom. The maximum atomic E-state index is 13.0. The molecule has 1 atom stereocenters. The normalized spacial score (nSPS) is 17.4. The summed E-state index contributed by atoms with van der Waals surface area (Å²) in [5.74, 6) is -1.58. The number of piperidine rings is 1. The van der Waals surface area contributed by atoms with Crippen LogP contribution >= 0.6 is 0 Å². The van der Waals surface area contributed by atoms with E-state index in [-0.39, 0.29) is 11.4 Å². The number of esters is 1. The Morgan fingerprint density at radius 2 is 1.86 bits per heavy atom. The zero-order valence-corrected chi connectivity index (χ0v) is 17.5. The molecule has 1 aliphatic heterocycles. The number of amides is 3. The summed E-state index contributed by atoms with van der Waals surface area (Å²) in [5.41, 5.74) is 0.924. The number of sulfonamides is 1. The highest BCUT2D eigenvalue weighted by molar-refractivity contribution is 7.89. The number of imide groups is 1. The van der Waals surface area contributed by atoms with Gasteiger partial charge in [0.2, 0.25) is 10.0 Å². The van der Waals surface area contributed by atoms with Crippen molar-refractivity contribution >= 4 is 27.9 Å². The standard InChI is InChI=1S/C19H27N3O6S/c1-3-11-20-19(25)21-17(23)13-28-18(24)16-6-4-5-12-22(16)29(26,27)15-9-7-14(2)8-10-15/h7-10,16H,3-6,11-13H2,1-2H3,(H2,20,21,23,25)/t16-/m0/s1. The van der Waals surface area contributed by atoms with Gasteiger partial charge in [-0.05, 0) is 44.7 Å². The molecule has 0 radical (unpaired) electrons. The van der Waals surface area contributed by atoms with Crippen molar-refractivity contribution in [2.24, 2.45) is 0 Å². The van der Waals surface area contributed by atoms with E-state index in [2.05, 4.69) is 5.32 Å². The van der Waals surface area contributed by atoms with Crippen LogP contribution in [0.5, 0.6) is 0 Å². The van der Waals surface area contributed by atoms with Crippen molar-refractivity contribution in [1.29, 1.82) is 0 Å². The topological polar surface area (TPSA) is 122 Å². The van der Waals surface area contributed by atoms with Crippen LogP contribution in [-0.2, 0) is 24.3 Å². The molecule has 0 aromatic heterocycles. The Balaban J connectivity index is 2.01. The second-order valence-corrected chi connectivity index (χ2v) is 8.74. The Bertz CT molecular complexity index is 838. The maximum absolute atomic E-state index is 13.0. The first-order valence-electron chi connectivity index (χ1n) is 9.58. The van der Waals surface area contributed by atoms with E-state index in [0.29, 0.717) is 32.2 Å². The number of urea groups is 1. The molecule has 0 unspecified atom stereocenters. The predicted molar refractivity (Wildman–Crippen MR) is 106 cm³/mol. The molecule has 1 aromatic rings. The summed E-state index contributed by atoms with van der Waals surface area (Å²) in [6, 6.07) is 4.72. The minimum absolute atomic E-state index is 0.105. The van der Waals surface area contributed by atoms with Crippen molar-refractivity contribution in [2.75, 3.05) is 19.7 Å². The Hall–Kier alpha value is -2.46. The predicted octanol–water partition coefficient (Wildman–Crippen LogP) is 1.32. The molecule has 0 spiro atoms. The van der Waals surface area contributed by atoms with E-state index >= 15 is 0 Å². The van der Waals surface area contributed by atoms with Gasteiger partial charge in [-0.2, -0.15) is 4.31 Å². The number of hydrogen-bond acceptors (Lipinski definition) is 6. The Kier molecular flexibility index (Phi) is 8.15. The molecule has 1 aromatic carbocycles. The van der Waals surface area contributed by atoms with Gasteiger partial charge < -0.3 is 10.1 Å². The van der Waals surface area contributed by atoms with Crippen LogP contribution in [0, 0.1) is 6.92 Å². The minimum Gasteiger partial charge on any atom is -0.454 e. The lowest BCUT2D eigenvalue weighted by Crippen LogP contribution is -2.49. The van der Waals surface area contributed by atoms with Crippen molar-refractivity contribution in [3.8, 4) is 0 Å². The first-order valence-corrected chi connectivity index (χ1v) is 11.0. The third-order valence-electron chi connectivity index (χ3n) is 4.49. The number of benzene rings is 1. The van der Waals surface area contributed by atoms with Gasteiger partial charge in [-0.25, -0.2) is 13.2 Å². The lowest BCUT2D eigenvalue weighted by molar-refractivity contribution is -0.152. The van der Waals surface area contributed by atoms with E-state index in [1.165, 1.54) is 12.1 Å². The van der Waals surface area contributed by atoms with E-state index in [0.717, 1.165) is 9.87 Å². The van der Waals surface area contributed by atoms with Gasteiger partial charge in [-0.3, -0.25) is 14.9 Å². The third kappa shape index (κ3) is 6.26. The van der Waals surface area contributed by atoms with Crippen LogP contribution in [0.25, 0.3) is 0 Å². The molecule has 29 heavy (non-hydrogen) atoms. The fraction of sp³-hybridized carbons (Fsp3) is 0.526. The summed E-state index contributed by atoms with van der Waals surface area (Å²) in [4.78, 5) is 35.8. The second kappa shape index (κ2) is 10.4. The first-order chi connectivity index (χ1) is 13.8. The smallest absolute Gasteiger partial charge is 0.324 e. The van der Waals surface area contributed by atoms with Gasteiger partial charge in [0.05, 0.1) is 4.90 Å². The van der Waals surface area contributed by atoms with Gasteiger partial charge in [0.1, 0.15) is 6.04 Å². The lowest BCUT2D eigenvalue weighted by Gasteiger charge is -2.32. The molecule has 1 fully saturated rings. The summed E-state index contributed by atoms with van der Waals surface area (Å²) < 4.78 is 32.1. The second-order valence-electron chi connectivity index (χ2n) is 6.85. The molecule has 2 rings (SSSR count). The zero-order valence-electron chi connectivity index (χ0n) is 16.6. The monoisotopic (exact) mass is 425 g/mol. The van der Waals surface area contributed by atoms with Crippen molar-refractivity contribution in [3.05, 3.63) is 29.8 Å². The number of rotatable bonds is 7. The van der Waals surface area contributed by atoms with Crippen molar-refractivity contribution < 1.29 is 27.5 Å². The molecule has 10 heteroatoms. The summed E-state index contributed by atoms with van der Waals surface area (Å²) in [6.07, 6.45) is 2.32. The van der Waals surface area contributed by atoms with E-state index in [1.807, 2.05) is 19.2 Å². The Labute approximate surface area is 170 Å². The van der Waals surface area contributed by atoms with Gasteiger partial charge in [-0.15, -0.1) is 0 Å². The maximum Gasteiger partial charge on any atom is 0.324 e. The number of hydrogen-bond donors (Lipinski definition) is 2. The van der Waals surface area contributed by atoms with Gasteiger partial charge in [0.25, 0.3) is 5.91 Å². The van der Waals surface area contributed by atoms with Gasteiger partial charge in [-0.1, -0.05) is 24.6 Å². The molecule has 3 amide bonds. The molecule has 0 aliphatic carbocycles. The molecule has 0 saturated carbocycles. The van der Waals surface area contributed by atoms with Crippen LogP contribution in [0.1, 0.15) is 38.2 Å². The molecule has 1 saturated heterocycles. The molecule has 1 aliphatic rings. The van der Waals surface area contributed by atoms with E-state index < -0.39 is 40.6 Å².